The number of hydrogen-bond acceptors (Lipinski definition) is 3. The van der Waals surface area contributed by atoms with Crippen LogP contribution in [0.15, 0.2) is 53.2 Å². The number of aliphatic imine (C=N–C) groups is 1. The average Bonchev–Trinajstić information content (AvgIpc) is 3.66. The SMILES string of the molecule is C1CCOC1.CC(/C=C(/C)[N-]c1c(C(C)C)cccc1C(C)C)=Nc1c(C(C)C)cccc1C(C)C.[BH3-]N1CCCC1.[Ca+2]. The van der Waals surface area contributed by atoms with E-state index in [1.807, 2.05) is 0 Å². The quantitative estimate of drug-likeness (QED) is 0.220. The summed E-state index contributed by atoms with van der Waals surface area (Å²) in [5, 5.41) is 5.08. The Labute approximate surface area is 296 Å². The Hall–Kier alpha value is -1.11. The predicted molar refractivity (Wildman–Crippen MR) is 195 cm³/mol. The van der Waals surface area contributed by atoms with Crippen LogP contribution in [0.2, 0.25) is 0 Å². The molecule has 2 saturated heterocycles. The molecule has 2 aliphatic heterocycles. The molecule has 234 valence electrons. The minimum Gasteiger partial charge on any atom is -0.661 e. The Morgan fingerprint density at radius 2 is 1.16 bits per heavy atom. The van der Waals surface area contributed by atoms with Gasteiger partial charge in [0.2, 0.25) is 0 Å². The molecule has 2 aromatic carbocycles. The van der Waals surface area contributed by atoms with Gasteiger partial charge in [0.15, 0.2) is 0 Å². The zero-order valence-electron chi connectivity index (χ0n) is 28.5. The second-order valence-corrected chi connectivity index (χ2v) is 12.5. The summed E-state index contributed by atoms with van der Waals surface area (Å²) in [7, 11) is 0.576. The van der Waals surface area contributed by atoms with Gasteiger partial charge in [-0.15, -0.1) is 5.69 Å². The Bertz CT molecular complexity index is 1090. The molecule has 0 aromatic heterocycles. The summed E-state index contributed by atoms with van der Waals surface area (Å²) in [6.45, 7) is 26.9. The smallest absolute Gasteiger partial charge is 0.661 e. The van der Waals surface area contributed by atoms with Gasteiger partial charge in [0, 0.05) is 26.9 Å². The molecule has 43 heavy (non-hydrogen) atoms. The molecule has 0 atom stereocenters. The van der Waals surface area contributed by atoms with Gasteiger partial charge in [-0.25, -0.2) is 0 Å². The second-order valence-electron chi connectivity index (χ2n) is 12.5. The third-order valence-electron chi connectivity index (χ3n) is 7.39. The maximum atomic E-state index is 5.08. The Kier molecular flexibility index (Phi) is 19.3. The van der Waals surface area contributed by atoms with Crippen molar-refractivity contribution in [2.45, 2.75) is 119 Å². The number of benzene rings is 2. The van der Waals surface area contributed by atoms with E-state index in [0.717, 1.165) is 36.0 Å². The summed E-state index contributed by atoms with van der Waals surface area (Å²) in [4.78, 5) is 7.69. The molecule has 2 aromatic rings. The molecule has 0 spiro atoms. The molecule has 2 heterocycles. The van der Waals surface area contributed by atoms with Gasteiger partial charge in [-0.1, -0.05) is 116 Å². The van der Waals surface area contributed by atoms with Crippen molar-refractivity contribution in [2.75, 3.05) is 26.3 Å². The zero-order valence-corrected chi connectivity index (χ0v) is 30.7. The second kappa shape index (κ2) is 20.8. The van der Waals surface area contributed by atoms with E-state index in [0.29, 0.717) is 31.7 Å². The largest absolute Gasteiger partial charge is 2.00 e. The monoisotopic (exact) mass is 613 g/mol. The van der Waals surface area contributed by atoms with Gasteiger partial charge in [0.25, 0.3) is 0 Å². The van der Waals surface area contributed by atoms with Crippen LogP contribution in [-0.2, 0) is 4.74 Å². The topological polar surface area (TPSA) is 38.9 Å². The van der Waals surface area contributed by atoms with Crippen molar-refractivity contribution in [1.29, 1.82) is 0 Å². The molecule has 4 nitrogen and oxygen atoms in total. The molecule has 6 heteroatoms. The first-order chi connectivity index (χ1) is 19.9. The summed E-state index contributed by atoms with van der Waals surface area (Å²) in [5.74, 6) is 1.75. The van der Waals surface area contributed by atoms with Crippen LogP contribution in [0, 0.1) is 0 Å². The van der Waals surface area contributed by atoms with Crippen LogP contribution >= 0.6 is 0 Å². The summed E-state index contributed by atoms with van der Waals surface area (Å²) < 4.78 is 4.94. The maximum absolute atomic E-state index is 5.08. The number of nitrogens with zero attached hydrogens (tertiary/aromatic N) is 3. The predicted octanol–water partition coefficient (Wildman–Crippen LogP) is 9.66. The Morgan fingerprint density at radius 1 is 0.744 bits per heavy atom. The van der Waals surface area contributed by atoms with E-state index in [1.165, 1.54) is 61.0 Å². The van der Waals surface area contributed by atoms with Gasteiger partial charge in [-0.2, -0.15) is 5.70 Å². The van der Waals surface area contributed by atoms with Crippen LogP contribution in [0.3, 0.4) is 0 Å². The minimum absolute atomic E-state index is 0. The van der Waals surface area contributed by atoms with Crippen molar-refractivity contribution in [2.24, 2.45) is 4.99 Å². The number of ether oxygens (including phenoxy) is 1. The number of para-hydroxylation sites is 2. The molecular weight excluding hydrogens is 553 g/mol. The third-order valence-corrected chi connectivity index (χ3v) is 7.39. The molecule has 0 saturated carbocycles. The minimum atomic E-state index is 0. The fourth-order valence-corrected chi connectivity index (χ4v) is 5.07. The van der Waals surface area contributed by atoms with Crippen molar-refractivity contribution < 1.29 is 4.74 Å². The standard InChI is InChI=1S/C29H41N2.C4H11BN.C4H8O.Ca/c1-18(2)24-13-11-14-25(19(3)4)28(24)30-22(9)17-23(10)31-29-26(20(5)6)15-12-16-27(29)21(7)8;5-6-3-1-2-4-6;1-2-4-5-3-1;/h11-21H,1-10H3;1-4H2,5H3;1-4H2;/q2*-1;;+2/b22-17-,31-23?;;;. The molecule has 0 bridgehead atoms. The van der Waals surface area contributed by atoms with Crippen LogP contribution < -0.4 is 0 Å². The fraction of sp³-hybridized carbons (Fsp3) is 0.595. The van der Waals surface area contributed by atoms with Crippen molar-refractivity contribution in [3.63, 3.8) is 0 Å². The van der Waals surface area contributed by atoms with E-state index >= 15 is 0 Å². The van der Waals surface area contributed by atoms with Crippen molar-refractivity contribution >= 4 is 62.8 Å². The number of allylic oxidation sites excluding steroid dienone is 2. The first-order valence-corrected chi connectivity index (χ1v) is 15.9. The molecule has 0 amide bonds. The third kappa shape index (κ3) is 13.8. The molecular formula is C37H60BCaN3O. The van der Waals surface area contributed by atoms with Gasteiger partial charge in [0.05, 0.1) is 5.69 Å². The van der Waals surface area contributed by atoms with Crippen LogP contribution in [-0.4, -0.2) is 82.5 Å². The van der Waals surface area contributed by atoms with Gasteiger partial charge in [0.1, 0.15) is 0 Å². The molecule has 0 radical (unpaired) electrons. The normalized spacial score (nSPS) is 15.8. The number of rotatable bonds is 8. The maximum Gasteiger partial charge on any atom is 2.00 e. The summed E-state index contributed by atoms with van der Waals surface area (Å²) in [6, 6.07) is 13.1. The first-order valence-electron chi connectivity index (χ1n) is 15.9. The molecule has 0 unspecified atom stereocenters. The van der Waals surface area contributed by atoms with Gasteiger partial charge < -0.3 is 14.9 Å². The van der Waals surface area contributed by atoms with E-state index in [1.54, 1.807) is 0 Å². The molecule has 2 fully saturated rings. The van der Waals surface area contributed by atoms with Crippen molar-refractivity contribution in [3.8, 4) is 0 Å². The number of hydrogen-bond donors (Lipinski definition) is 0. The summed E-state index contributed by atoms with van der Waals surface area (Å²) in [5.41, 5.74) is 9.45. The summed E-state index contributed by atoms with van der Waals surface area (Å²) in [6.07, 6.45) is 7.62. The van der Waals surface area contributed by atoms with E-state index in [2.05, 4.69) is 117 Å². The molecule has 2 aliphatic rings. The van der Waals surface area contributed by atoms with E-state index < -0.39 is 0 Å². The van der Waals surface area contributed by atoms with Gasteiger partial charge >= 0.3 is 37.7 Å². The van der Waals surface area contributed by atoms with E-state index in [4.69, 9.17) is 15.0 Å². The van der Waals surface area contributed by atoms with Crippen LogP contribution in [0.1, 0.15) is 141 Å². The van der Waals surface area contributed by atoms with Gasteiger partial charge in [-0.3, -0.25) is 4.99 Å². The molecule has 0 N–H and O–H groups in total. The van der Waals surface area contributed by atoms with Crippen LogP contribution in [0.4, 0.5) is 11.4 Å². The van der Waals surface area contributed by atoms with E-state index in [9.17, 15) is 0 Å². The van der Waals surface area contributed by atoms with Crippen molar-refractivity contribution in [1.82, 2.24) is 4.81 Å². The first kappa shape index (κ1) is 39.9. The van der Waals surface area contributed by atoms with Crippen LogP contribution in [0.25, 0.3) is 5.32 Å². The van der Waals surface area contributed by atoms with Crippen LogP contribution in [0.5, 0.6) is 0 Å². The van der Waals surface area contributed by atoms with Gasteiger partial charge in [-0.05, 0) is 80.5 Å². The average molecular weight is 614 g/mol. The molecule has 0 aliphatic carbocycles. The fourth-order valence-electron chi connectivity index (χ4n) is 5.07. The van der Waals surface area contributed by atoms with Crippen molar-refractivity contribution in [3.05, 3.63) is 75.7 Å². The Morgan fingerprint density at radius 3 is 1.49 bits per heavy atom. The van der Waals surface area contributed by atoms with E-state index in [-0.39, 0.29) is 37.7 Å². The Balaban J connectivity index is 0.000000636. The molecule has 4 rings (SSSR count). The summed E-state index contributed by atoms with van der Waals surface area (Å²) >= 11 is 0. The zero-order chi connectivity index (χ0) is 31.2.